The Bertz CT molecular complexity index is 478. The minimum atomic E-state index is -0.0925. The molecule has 1 aromatic carbocycles. The second-order valence-corrected chi connectivity index (χ2v) is 5.22. The van der Waals surface area contributed by atoms with Gasteiger partial charge in [0, 0.05) is 12.6 Å². The van der Waals surface area contributed by atoms with Gasteiger partial charge in [-0.3, -0.25) is 4.79 Å². The Hall–Kier alpha value is -1.81. The third-order valence-electron chi connectivity index (χ3n) is 3.11. The van der Waals surface area contributed by atoms with Crippen molar-refractivity contribution in [3.05, 3.63) is 35.9 Å². The minimum Gasteiger partial charge on any atom is -0.484 e. The van der Waals surface area contributed by atoms with Crippen LogP contribution in [0.2, 0.25) is 0 Å². The zero-order valence-corrected chi connectivity index (χ0v) is 12.1. The number of hydrogen-bond acceptors (Lipinski definition) is 3. The van der Waals surface area contributed by atoms with Crippen molar-refractivity contribution in [3.63, 3.8) is 0 Å². The molecular formula is C16H22N2O2. The third kappa shape index (κ3) is 4.38. The smallest absolute Gasteiger partial charge is 0.258 e. The van der Waals surface area contributed by atoms with Crippen molar-refractivity contribution in [2.75, 3.05) is 19.7 Å². The fourth-order valence-corrected chi connectivity index (χ4v) is 2.16. The summed E-state index contributed by atoms with van der Waals surface area (Å²) in [4.78, 5) is 11.5. The van der Waals surface area contributed by atoms with E-state index in [-0.39, 0.29) is 18.6 Å². The third-order valence-corrected chi connectivity index (χ3v) is 3.11. The fraction of sp³-hybridized carbons (Fsp3) is 0.438. The van der Waals surface area contributed by atoms with Gasteiger partial charge in [-0.25, -0.2) is 0 Å². The van der Waals surface area contributed by atoms with Crippen LogP contribution in [0.1, 0.15) is 25.8 Å². The Balaban J connectivity index is 1.88. The molecule has 1 amide bonds. The summed E-state index contributed by atoms with van der Waals surface area (Å²) >= 11 is 0. The van der Waals surface area contributed by atoms with E-state index in [1.165, 1.54) is 11.1 Å². The van der Waals surface area contributed by atoms with Crippen molar-refractivity contribution < 1.29 is 9.53 Å². The van der Waals surface area contributed by atoms with Crippen LogP contribution in [0.15, 0.2) is 30.3 Å². The van der Waals surface area contributed by atoms with Gasteiger partial charge in [0.1, 0.15) is 5.75 Å². The van der Waals surface area contributed by atoms with Crippen LogP contribution in [-0.2, 0) is 4.79 Å². The van der Waals surface area contributed by atoms with Crippen LogP contribution in [0.3, 0.4) is 0 Å². The molecule has 1 heterocycles. The van der Waals surface area contributed by atoms with E-state index in [1.54, 1.807) is 0 Å². The highest BCUT2D eigenvalue weighted by molar-refractivity contribution is 5.77. The summed E-state index contributed by atoms with van der Waals surface area (Å²) in [5.74, 6) is 0.632. The molecule has 0 bridgehead atoms. The Kier molecular flexibility index (Phi) is 5.18. The second-order valence-electron chi connectivity index (χ2n) is 5.22. The molecule has 20 heavy (non-hydrogen) atoms. The van der Waals surface area contributed by atoms with Crippen molar-refractivity contribution in [2.24, 2.45) is 0 Å². The van der Waals surface area contributed by atoms with Crippen LogP contribution >= 0.6 is 0 Å². The molecule has 0 unspecified atom stereocenters. The molecule has 0 radical (unpaired) electrons. The van der Waals surface area contributed by atoms with Gasteiger partial charge in [-0.1, -0.05) is 18.2 Å². The van der Waals surface area contributed by atoms with Gasteiger partial charge < -0.3 is 15.4 Å². The summed E-state index contributed by atoms with van der Waals surface area (Å²) in [7, 11) is 0. The van der Waals surface area contributed by atoms with Gasteiger partial charge in [-0.05, 0) is 50.1 Å². The predicted octanol–water partition coefficient (Wildman–Crippen LogP) is 1.97. The topological polar surface area (TPSA) is 50.4 Å². The van der Waals surface area contributed by atoms with Gasteiger partial charge in [0.2, 0.25) is 0 Å². The molecule has 1 aliphatic heterocycles. The lowest BCUT2D eigenvalue weighted by Gasteiger charge is -2.14. The molecule has 0 saturated heterocycles. The van der Waals surface area contributed by atoms with Crippen molar-refractivity contribution in [1.29, 1.82) is 0 Å². The van der Waals surface area contributed by atoms with E-state index in [2.05, 4.69) is 16.7 Å². The van der Waals surface area contributed by atoms with Gasteiger partial charge in [-0.2, -0.15) is 0 Å². The highest BCUT2D eigenvalue weighted by Crippen LogP contribution is 2.22. The molecule has 4 nitrogen and oxygen atoms in total. The monoisotopic (exact) mass is 274 g/mol. The molecule has 108 valence electrons. The number of nitrogens with one attached hydrogen (secondary N) is 2. The van der Waals surface area contributed by atoms with Crippen LogP contribution < -0.4 is 15.4 Å². The summed E-state index contributed by atoms with van der Waals surface area (Å²) in [6.07, 6.45) is 3.27. The van der Waals surface area contributed by atoms with Crippen LogP contribution in [0, 0.1) is 0 Å². The molecule has 2 N–H and O–H groups in total. The average Bonchev–Trinajstić information content (AvgIpc) is 2.46. The minimum absolute atomic E-state index is 0.0597. The number of benzene rings is 1. The number of rotatable bonds is 5. The fourth-order valence-electron chi connectivity index (χ4n) is 2.16. The predicted molar refractivity (Wildman–Crippen MR) is 80.7 cm³/mol. The molecule has 0 saturated carbocycles. The summed E-state index contributed by atoms with van der Waals surface area (Å²) < 4.78 is 5.47. The van der Waals surface area contributed by atoms with E-state index in [9.17, 15) is 4.79 Å². The number of carbonyl (C=O) groups excluding carboxylic acids is 1. The Morgan fingerprint density at radius 3 is 2.70 bits per heavy atom. The molecule has 2 rings (SSSR count). The Morgan fingerprint density at radius 1 is 1.35 bits per heavy atom. The van der Waals surface area contributed by atoms with Gasteiger partial charge in [-0.15, -0.1) is 0 Å². The van der Waals surface area contributed by atoms with E-state index < -0.39 is 0 Å². The molecular weight excluding hydrogens is 252 g/mol. The number of amides is 1. The van der Waals surface area contributed by atoms with E-state index in [1.807, 2.05) is 38.1 Å². The molecule has 0 aromatic heterocycles. The number of ether oxygens (including phenoxy) is 1. The van der Waals surface area contributed by atoms with Crippen LogP contribution in [-0.4, -0.2) is 31.6 Å². The first-order valence-corrected chi connectivity index (χ1v) is 7.07. The molecule has 0 fully saturated rings. The van der Waals surface area contributed by atoms with Gasteiger partial charge in [0.25, 0.3) is 5.91 Å². The van der Waals surface area contributed by atoms with Gasteiger partial charge in [0.15, 0.2) is 6.61 Å². The highest BCUT2D eigenvalue weighted by Gasteiger charge is 2.07. The number of hydrogen-bond donors (Lipinski definition) is 2. The Labute approximate surface area is 120 Å². The van der Waals surface area contributed by atoms with E-state index in [4.69, 9.17) is 4.74 Å². The zero-order valence-electron chi connectivity index (χ0n) is 12.1. The van der Waals surface area contributed by atoms with E-state index in [0.29, 0.717) is 0 Å². The first kappa shape index (κ1) is 14.6. The molecule has 0 atom stereocenters. The molecule has 0 spiro atoms. The van der Waals surface area contributed by atoms with Gasteiger partial charge >= 0.3 is 0 Å². The standard InChI is InChI=1S/C16H22N2O2/c1-12(2)18-16(19)11-20-15-5-3-13(4-6-15)14-7-9-17-10-8-14/h3-7,12,17H,8-11H2,1-2H3,(H,18,19). The largest absolute Gasteiger partial charge is 0.484 e. The van der Waals surface area contributed by atoms with Crippen molar-refractivity contribution in [2.45, 2.75) is 26.3 Å². The van der Waals surface area contributed by atoms with Crippen LogP contribution in [0.5, 0.6) is 5.75 Å². The quantitative estimate of drug-likeness (QED) is 0.863. The zero-order chi connectivity index (χ0) is 14.4. The first-order valence-electron chi connectivity index (χ1n) is 7.07. The molecule has 4 heteroatoms. The summed E-state index contributed by atoms with van der Waals surface area (Å²) in [5.41, 5.74) is 2.60. The maximum Gasteiger partial charge on any atom is 0.258 e. The lowest BCUT2D eigenvalue weighted by atomic mass is 10.0. The molecule has 1 aromatic rings. The van der Waals surface area contributed by atoms with Crippen LogP contribution in [0.25, 0.3) is 5.57 Å². The van der Waals surface area contributed by atoms with Crippen molar-refractivity contribution in [1.82, 2.24) is 10.6 Å². The number of carbonyl (C=O) groups is 1. The molecule has 0 aliphatic carbocycles. The SMILES string of the molecule is CC(C)NC(=O)COc1ccc(C2=CCNCC2)cc1. The first-order chi connectivity index (χ1) is 9.65. The lowest BCUT2D eigenvalue weighted by Crippen LogP contribution is -2.34. The lowest BCUT2D eigenvalue weighted by molar-refractivity contribution is -0.123. The summed E-state index contributed by atoms with van der Waals surface area (Å²) in [6.45, 7) is 5.88. The van der Waals surface area contributed by atoms with Crippen LogP contribution in [0.4, 0.5) is 0 Å². The normalized spacial score (nSPS) is 14.8. The van der Waals surface area contributed by atoms with E-state index in [0.717, 1.165) is 25.3 Å². The van der Waals surface area contributed by atoms with Crippen molar-refractivity contribution >= 4 is 11.5 Å². The maximum absolute atomic E-state index is 11.5. The summed E-state index contributed by atoms with van der Waals surface area (Å²) in [6, 6.07) is 8.07. The summed E-state index contributed by atoms with van der Waals surface area (Å²) in [5, 5.41) is 6.09. The average molecular weight is 274 g/mol. The Morgan fingerprint density at radius 2 is 2.10 bits per heavy atom. The maximum atomic E-state index is 11.5. The second kappa shape index (κ2) is 7.10. The molecule has 1 aliphatic rings. The van der Waals surface area contributed by atoms with Gasteiger partial charge in [0.05, 0.1) is 0 Å². The van der Waals surface area contributed by atoms with Crippen molar-refractivity contribution in [3.8, 4) is 5.75 Å². The highest BCUT2D eigenvalue weighted by atomic mass is 16.5. The van der Waals surface area contributed by atoms with E-state index >= 15 is 0 Å².